The van der Waals surface area contributed by atoms with Gasteiger partial charge < -0.3 is 15.0 Å². The van der Waals surface area contributed by atoms with Crippen molar-refractivity contribution >= 4 is 38.9 Å². The average molecular weight is 488 g/mol. The standard InChI is InChI=1S/C24H26ClN3O4S/c1-27(2)20-8-4-18(5-9-20)16-26-24(29)17-28(21-10-6-19(25)7-11-21)33(30,31)23-14-12-22(32-3)13-15-23/h4-15H,16-17H2,1-3H3,(H,26,29). The summed E-state index contributed by atoms with van der Waals surface area (Å²) in [6.45, 7) is -0.102. The van der Waals surface area contributed by atoms with E-state index in [-0.39, 0.29) is 18.0 Å². The molecule has 0 aliphatic heterocycles. The Bertz CT molecular complexity index is 1180. The molecular formula is C24H26ClN3O4S. The molecule has 0 bridgehead atoms. The fourth-order valence-corrected chi connectivity index (χ4v) is 4.64. The first kappa shape index (κ1) is 24.4. The SMILES string of the molecule is COc1ccc(S(=O)(=O)N(CC(=O)NCc2ccc(N(C)C)cc2)c2ccc(Cl)cc2)cc1. The number of methoxy groups -OCH3 is 1. The Hall–Kier alpha value is -3.23. The van der Waals surface area contributed by atoms with Crippen molar-refractivity contribution in [3.63, 3.8) is 0 Å². The molecule has 3 aromatic rings. The average Bonchev–Trinajstić information content (AvgIpc) is 2.82. The van der Waals surface area contributed by atoms with Crippen LogP contribution in [-0.4, -0.2) is 42.1 Å². The van der Waals surface area contributed by atoms with Crippen LogP contribution in [-0.2, 0) is 21.4 Å². The van der Waals surface area contributed by atoms with Gasteiger partial charge in [-0.25, -0.2) is 8.42 Å². The highest BCUT2D eigenvalue weighted by Crippen LogP contribution is 2.26. The van der Waals surface area contributed by atoms with Gasteiger partial charge in [-0.3, -0.25) is 9.10 Å². The summed E-state index contributed by atoms with van der Waals surface area (Å²) in [5.74, 6) is 0.101. The van der Waals surface area contributed by atoms with E-state index >= 15 is 0 Å². The Morgan fingerprint density at radius 1 is 0.909 bits per heavy atom. The van der Waals surface area contributed by atoms with Gasteiger partial charge in [0, 0.05) is 31.4 Å². The fourth-order valence-electron chi connectivity index (χ4n) is 3.10. The first-order valence-electron chi connectivity index (χ1n) is 10.2. The lowest BCUT2D eigenvalue weighted by Gasteiger charge is -2.24. The van der Waals surface area contributed by atoms with Crippen molar-refractivity contribution in [2.45, 2.75) is 11.4 Å². The maximum atomic E-state index is 13.4. The van der Waals surface area contributed by atoms with E-state index in [4.69, 9.17) is 16.3 Å². The molecule has 3 rings (SSSR count). The smallest absolute Gasteiger partial charge is 0.264 e. The molecule has 3 aromatic carbocycles. The summed E-state index contributed by atoms with van der Waals surface area (Å²) in [4.78, 5) is 14.8. The molecule has 0 atom stereocenters. The van der Waals surface area contributed by atoms with Gasteiger partial charge >= 0.3 is 0 Å². The molecule has 0 fully saturated rings. The highest BCUT2D eigenvalue weighted by atomic mass is 35.5. The van der Waals surface area contributed by atoms with Gasteiger partial charge in [0.1, 0.15) is 12.3 Å². The molecule has 9 heteroatoms. The van der Waals surface area contributed by atoms with Crippen LogP contribution in [0.1, 0.15) is 5.56 Å². The predicted molar refractivity (Wildman–Crippen MR) is 132 cm³/mol. The highest BCUT2D eigenvalue weighted by molar-refractivity contribution is 7.92. The number of anilines is 2. The minimum atomic E-state index is -4.02. The van der Waals surface area contributed by atoms with E-state index in [9.17, 15) is 13.2 Å². The third-order valence-corrected chi connectivity index (χ3v) is 7.03. The van der Waals surface area contributed by atoms with Crippen molar-refractivity contribution in [1.29, 1.82) is 0 Å². The van der Waals surface area contributed by atoms with Crippen LogP contribution >= 0.6 is 11.6 Å². The zero-order chi connectivity index (χ0) is 24.0. The van der Waals surface area contributed by atoms with Crippen molar-refractivity contribution in [1.82, 2.24) is 5.32 Å². The molecule has 0 spiro atoms. The monoisotopic (exact) mass is 487 g/mol. The number of rotatable bonds is 9. The molecule has 0 aromatic heterocycles. The number of benzene rings is 3. The molecule has 33 heavy (non-hydrogen) atoms. The molecule has 0 unspecified atom stereocenters. The maximum absolute atomic E-state index is 13.4. The first-order valence-corrected chi connectivity index (χ1v) is 12.0. The first-order chi connectivity index (χ1) is 15.7. The summed E-state index contributed by atoms with van der Waals surface area (Å²) >= 11 is 5.97. The van der Waals surface area contributed by atoms with Crippen LogP contribution in [0.3, 0.4) is 0 Å². The Balaban J connectivity index is 1.80. The number of carbonyl (C=O) groups excluding carboxylic acids is 1. The molecule has 1 amide bonds. The summed E-state index contributed by atoms with van der Waals surface area (Å²) in [5, 5.41) is 3.26. The number of sulfonamides is 1. The predicted octanol–water partition coefficient (Wildman–Crippen LogP) is 3.93. The van der Waals surface area contributed by atoms with Crippen molar-refractivity contribution in [3.05, 3.63) is 83.4 Å². The van der Waals surface area contributed by atoms with Crippen molar-refractivity contribution in [2.24, 2.45) is 0 Å². The Morgan fingerprint density at radius 2 is 1.48 bits per heavy atom. The van der Waals surface area contributed by atoms with E-state index in [0.717, 1.165) is 15.6 Å². The van der Waals surface area contributed by atoms with E-state index in [1.54, 1.807) is 36.4 Å². The number of hydrogen-bond donors (Lipinski definition) is 1. The molecular weight excluding hydrogens is 462 g/mol. The summed E-state index contributed by atoms with van der Waals surface area (Å²) < 4.78 is 33.0. The maximum Gasteiger partial charge on any atom is 0.264 e. The summed E-state index contributed by atoms with van der Waals surface area (Å²) in [6.07, 6.45) is 0. The van der Waals surface area contributed by atoms with Crippen LogP contribution in [0.5, 0.6) is 5.75 Å². The van der Waals surface area contributed by atoms with E-state index in [1.807, 2.05) is 43.3 Å². The minimum absolute atomic E-state index is 0.0466. The number of nitrogens with one attached hydrogen (secondary N) is 1. The number of ether oxygens (including phenoxy) is 1. The second-order valence-electron chi connectivity index (χ2n) is 7.50. The summed E-state index contributed by atoms with van der Waals surface area (Å²) in [7, 11) is 1.38. The molecule has 174 valence electrons. The van der Waals surface area contributed by atoms with Crippen LogP contribution < -0.4 is 19.3 Å². The second kappa shape index (κ2) is 10.6. The molecule has 0 heterocycles. The van der Waals surface area contributed by atoms with Crippen LogP contribution in [0, 0.1) is 0 Å². The number of halogens is 1. The lowest BCUT2D eigenvalue weighted by atomic mass is 10.2. The molecule has 0 aliphatic rings. The van der Waals surface area contributed by atoms with E-state index in [1.165, 1.54) is 19.2 Å². The molecule has 0 radical (unpaired) electrons. The van der Waals surface area contributed by atoms with Gasteiger partial charge in [-0.15, -0.1) is 0 Å². The molecule has 0 saturated carbocycles. The zero-order valence-corrected chi connectivity index (χ0v) is 20.2. The van der Waals surface area contributed by atoms with Crippen LogP contribution in [0.25, 0.3) is 0 Å². The van der Waals surface area contributed by atoms with Crippen LogP contribution in [0.4, 0.5) is 11.4 Å². The minimum Gasteiger partial charge on any atom is -0.497 e. The number of carbonyl (C=O) groups is 1. The van der Waals surface area contributed by atoms with Gasteiger partial charge in [-0.1, -0.05) is 23.7 Å². The van der Waals surface area contributed by atoms with Crippen molar-refractivity contribution in [3.8, 4) is 5.75 Å². The lowest BCUT2D eigenvalue weighted by molar-refractivity contribution is -0.119. The number of hydrogen-bond acceptors (Lipinski definition) is 5. The third kappa shape index (κ3) is 6.18. The third-order valence-electron chi connectivity index (χ3n) is 4.99. The Labute approximate surface area is 199 Å². The normalized spacial score (nSPS) is 11.0. The van der Waals surface area contributed by atoms with E-state index in [0.29, 0.717) is 16.5 Å². The van der Waals surface area contributed by atoms with Gasteiger partial charge in [0.2, 0.25) is 5.91 Å². The molecule has 0 aliphatic carbocycles. The topological polar surface area (TPSA) is 79.0 Å². The largest absolute Gasteiger partial charge is 0.497 e. The van der Waals surface area contributed by atoms with Crippen LogP contribution in [0.2, 0.25) is 5.02 Å². The molecule has 0 saturated heterocycles. The molecule has 7 nitrogen and oxygen atoms in total. The lowest BCUT2D eigenvalue weighted by Crippen LogP contribution is -2.40. The Morgan fingerprint density at radius 3 is 2.03 bits per heavy atom. The van der Waals surface area contributed by atoms with E-state index in [2.05, 4.69) is 5.32 Å². The van der Waals surface area contributed by atoms with Gasteiger partial charge in [0.15, 0.2) is 0 Å². The highest BCUT2D eigenvalue weighted by Gasteiger charge is 2.27. The van der Waals surface area contributed by atoms with Crippen LogP contribution in [0.15, 0.2) is 77.7 Å². The van der Waals surface area contributed by atoms with Crippen molar-refractivity contribution in [2.75, 3.05) is 37.0 Å². The van der Waals surface area contributed by atoms with Crippen molar-refractivity contribution < 1.29 is 17.9 Å². The fraction of sp³-hybridized carbons (Fsp3) is 0.208. The van der Waals surface area contributed by atoms with Gasteiger partial charge in [-0.05, 0) is 66.2 Å². The zero-order valence-electron chi connectivity index (χ0n) is 18.7. The van der Waals surface area contributed by atoms with Gasteiger partial charge in [-0.2, -0.15) is 0 Å². The summed E-state index contributed by atoms with van der Waals surface area (Å²) in [6, 6.07) is 20.0. The quantitative estimate of drug-likeness (QED) is 0.495. The van der Waals surface area contributed by atoms with Gasteiger partial charge in [0.25, 0.3) is 10.0 Å². The van der Waals surface area contributed by atoms with Gasteiger partial charge in [0.05, 0.1) is 17.7 Å². The number of amides is 1. The van der Waals surface area contributed by atoms with E-state index < -0.39 is 15.9 Å². The second-order valence-corrected chi connectivity index (χ2v) is 9.80. The number of nitrogens with zero attached hydrogens (tertiary/aromatic N) is 2. The summed E-state index contributed by atoms with van der Waals surface area (Å²) in [5.41, 5.74) is 2.29. The molecule has 1 N–H and O–H groups in total. The Kier molecular flexibility index (Phi) is 7.84.